The van der Waals surface area contributed by atoms with Crippen molar-refractivity contribution in [2.24, 2.45) is 11.1 Å². The molecule has 2 aromatic carbocycles. The second kappa shape index (κ2) is 12.7. The minimum absolute atomic E-state index is 0.139. The SMILES string of the molecule is CCN(CC)CCN1CCCN(C(=O)C23CC2c2cc(OC)ccc2-c2c(C4CCCCC4)c4ccc(C(N)=O)cc4n2C3)CC1. The van der Waals surface area contributed by atoms with Crippen LogP contribution >= 0.6 is 0 Å². The molecule has 8 nitrogen and oxygen atoms in total. The number of methoxy groups -OCH3 is 1. The Kier molecular flexibility index (Phi) is 8.62. The van der Waals surface area contributed by atoms with Gasteiger partial charge in [-0.1, -0.05) is 39.2 Å². The van der Waals surface area contributed by atoms with Gasteiger partial charge >= 0.3 is 0 Å². The van der Waals surface area contributed by atoms with E-state index >= 15 is 0 Å². The Bertz CT molecular complexity index is 1620. The van der Waals surface area contributed by atoms with Gasteiger partial charge in [-0.3, -0.25) is 9.59 Å². The van der Waals surface area contributed by atoms with E-state index in [2.05, 4.69) is 57.4 Å². The molecule has 0 spiro atoms. The van der Waals surface area contributed by atoms with Gasteiger partial charge in [-0.2, -0.15) is 0 Å². The first kappa shape index (κ1) is 31.3. The molecule has 2 aliphatic carbocycles. The number of hydrogen-bond donors (Lipinski definition) is 1. The Morgan fingerprint density at radius 3 is 2.52 bits per heavy atom. The Labute approximate surface area is 273 Å². The highest BCUT2D eigenvalue weighted by Gasteiger charge is 2.63. The van der Waals surface area contributed by atoms with Crippen LogP contribution in [0.1, 0.15) is 92.1 Å². The predicted octanol–water partition coefficient (Wildman–Crippen LogP) is 5.83. The van der Waals surface area contributed by atoms with Crippen molar-refractivity contribution in [1.82, 2.24) is 19.3 Å². The number of likely N-dealkylation sites (N-methyl/N-ethyl adjacent to an activating group) is 1. The molecule has 46 heavy (non-hydrogen) atoms. The summed E-state index contributed by atoms with van der Waals surface area (Å²) in [5.74, 6) is 1.30. The zero-order valence-corrected chi connectivity index (χ0v) is 28.0. The molecule has 3 aromatic rings. The molecule has 2 aliphatic heterocycles. The smallest absolute Gasteiger partial charge is 0.248 e. The average molecular weight is 626 g/mol. The van der Waals surface area contributed by atoms with Crippen LogP contribution in [-0.4, -0.2) is 90.5 Å². The van der Waals surface area contributed by atoms with Crippen LogP contribution in [0.15, 0.2) is 36.4 Å². The van der Waals surface area contributed by atoms with Gasteiger partial charge in [-0.05, 0) is 92.7 Å². The maximum Gasteiger partial charge on any atom is 0.248 e. The largest absolute Gasteiger partial charge is 0.497 e. The molecule has 8 heteroatoms. The number of hydrogen-bond acceptors (Lipinski definition) is 5. The van der Waals surface area contributed by atoms with Crippen molar-refractivity contribution in [3.8, 4) is 17.0 Å². The van der Waals surface area contributed by atoms with E-state index in [1.165, 1.54) is 59.9 Å². The maximum atomic E-state index is 14.9. The summed E-state index contributed by atoms with van der Waals surface area (Å²) < 4.78 is 8.17. The fourth-order valence-electron chi connectivity index (χ4n) is 8.97. The number of benzene rings is 2. The van der Waals surface area contributed by atoms with Crippen LogP contribution in [0.3, 0.4) is 0 Å². The highest BCUT2D eigenvalue weighted by molar-refractivity contribution is 6.01. The van der Waals surface area contributed by atoms with Gasteiger partial charge in [0.05, 0.1) is 18.2 Å². The molecular formula is C38H51N5O3. The van der Waals surface area contributed by atoms with Crippen molar-refractivity contribution in [2.75, 3.05) is 59.5 Å². The number of primary amides is 1. The molecule has 4 aliphatic rings. The summed E-state index contributed by atoms with van der Waals surface area (Å²) in [6.45, 7) is 12.9. The first-order chi connectivity index (χ1) is 22.4. The highest BCUT2D eigenvalue weighted by atomic mass is 16.5. The van der Waals surface area contributed by atoms with Gasteiger partial charge in [0.15, 0.2) is 0 Å². The molecular weight excluding hydrogens is 574 g/mol. The fourth-order valence-corrected chi connectivity index (χ4v) is 8.97. The van der Waals surface area contributed by atoms with E-state index in [9.17, 15) is 9.59 Å². The van der Waals surface area contributed by atoms with E-state index in [-0.39, 0.29) is 11.8 Å². The zero-order chi connectivity index (χ0) is 32.0. The first-order valence-electron chi connectivity index (χ1n) is 17.8. The van der Waals surface area contributed by atoms with E-state index < -0.39 is 11.3 Å². The molecule has 2 atom stereocenters. The van der Waals surface area contributed by atoms with Gasteiger partial charge in [0.1, 0.15) is 5.75 Å². The molecule has 2 amide bonds. The second-order valence-electron chi connectivity index (χ2n) is 14.2. The number of aromatic nitrogens is 1. The predicted molar refractivity (Wildman–Crippen MR) is 183 cm³/mol. The molecule has 7 rings (SSSR count). The van der Waals surface area contributed by atoms with E-state index in [1.807, 2.05) is 12.1 Å². The number of nitrogens with zero attached hydrogens (tertiary/aromatic N) is 4. The molecule has 3 heterocycles. The van der Waals surface area contributed by atoms with Gasteiger partial charge in [0, 0.05) is 67.2 Å². The second-order valence-corrected chi connectivity index (χ2v) is 14.2. The van der Waals surface area contributed by atoms with Crippen LogP contribution in [0, 0.1) is 5.41 Å². The molecule has 0 bridgehead atoms. The van der Waals surface area contributed by atoms with Crippen LogP contribution in [0.4, 0.5) is 0 Å². The van der Waals surface area contributed by atoms with E-state index in [0.29, 0.717) is 18.0 Å². The quantitative estimate of drug-likeness (QED) is 0.324. The topological polar surface area (TPSA) is 84.0 Å². The molecule has 2 N–H and O–H groups in total. The van der Waals surface area contributed by atoms with Crippen molar-refractivity contribution < 1.29 is 14.3 Å². The van der Waals surface area contributed by atoms with Crippen LogP contribution in [0.5, 0.6) is 5.75 Å². The summed E-state index contributed by atoms with van der Waals surface area (Å²) in [4.78, 5) is 34.5. The maximum absolute atomic E-state index is 14.9. The molecule has 2 saturated carbocycles. The summed E-state index contributed by atoms with van der Waals surface area (Å²) >= 11 is 0. The van der Waals surface area contributed by atoms with Crippen molar-refractivity contribution in [3.05, 3.63) is 53.1 Å². The fraction of sp³-hybridized carbons (Fsp3) is 0.579. The third kappa shape index (κ3) is 5.41. The highest BCUT2D eigenvalue weighted by Crippen LogP contribution is 2.66. The molecule has 0 radical (unpaired) electrons. The average Bonchev–Trinajstić information content (AvgIpc) is 3.81. The van der Waals surface area contributed by atoms with Gasteiger partial charge in [-0.15, -0.1) is 0 Å². The number of nitrogens with two attached hydrogens (primary N) is 1. The summed E-state index contributed by atoms with van der Waals surface area (Å²) in [6, 6.07) is 12.5. The third-order valence-electron chi connectivity index (χ3n) is 11.7. The minimum Gasteiger partial charge on any atom is -0.497 e. The monoisotopic (exact) mass is 625 g/mol. The molecule has 1 saturated heterocycles. The van der Waals surface area contributed by atoms with Crippen LogP contribution in [-0.2, 0) is 11.3 Å². The lowest BCUT2D eigenvalue weighted by molar-refractivity contribution is -0.137. The van der Waals surface area contributed by atoms with Crippen molar-refractivity contribution in [3.63, 3.8) is 0 Å². The minimum atomic E-state index is -0.513. The van der Waals surface area contributed by atoms with Gasteiger partial charge in [-0.25, -0.2) is 0 Å². The van der Waals surface area contributed by atoms with Crippen molar-refractivity contribution in [2.45, 2.75) is 77.2 Å². The van der Waals surface area contributed by atoms with Crippen molar-refractivity contribution >= 4 is 22.7 Å². The molecule has 246 valence electrons. The summed E-state index contributed by atoms with van der Waals surface area (Å²) in [5.41, 5.74) is 11.9. The van der Waals surface area contributed by atoms with Crippen molar-refractivity contribution in [1.29, 1.82) is 0 Å². The lowest BCUT2D eigenvalue weighted by Crippen LogP contribution is -2.42. The van der Waals surface area contributed by atoms with Crippen LogP contribution in [0.2, 0.25) is 0 Å². The Hall–Kier alpha value is -3.36. The summed E-state index contributed by atoms with van der Waals surface area (Å²) in [5, 5.41) is 1.20. The summed E-state index contributed by atoms with van der Waals surface area (Å²) in [6.07, 6.45) is 7.92. The molecule has 1 aromatic heterocycles. The lowest BCUT2D eigenvalue weighted by atomic mass is 9.81. The number of fused-ring (bicyclic) bond motifs is 7. The van der Waals surface area contributed by atoms with E-state index in [0.717, 1.165) is 76.5 Å². The first-order valence-corrected chi connectivity index (χ1v) is 17.8. The van der Waals surface area contributed by atoms with E-state index in [4.69, 9.17) is 10.5 Å². The van der Waals surface area contributed by atoms with Gasteiger partial charge in [0.25, 0.3) is 0 Å². The third-order valence-corrected chi connectivity index (χ3v) is 11.7. The number of carbonyl (C=O) groups is 2. The lowest BCUT2D eigenvalue weighted by Gasteiger charge is -2.28. The Balaban J connectivity index is 1.29. The summed E-state index contributed by atoms with van der Waals surface area (Å²) in [7, 11) is 1.72. The number of rotatable bonds is 9. The Morgan fingerprint density at radius 1 is 0.978 bits per heavy atom. The van der Waals surface area contributed by atoms with Gasteiger partial charge in [0.2, 0.25) is 11.8 Å². The van der Waals surface area contributed by atoms with Gasteiger partial charge < -0.3 is 29.7 Å². The number of amides is 2. The number of ether oxygens (including phenoxy) is 1. The number of carbonyl (C=O) groups excluding carboxylic acids is 2. The Morgan fingerprint density at radius 2 is 1.78 bits per heavy atom. The standard InChI is InChI=1S/C38H51N5O3/c1-4-40(5-2)18-19-41-16-9-17-42(21-20-41)37(45)38-24-32(38)31-23-28(46-3)13-15-29(31)35-34(26-10-7-6-8-11-26)30-14-12-27(36(39)44)22-33(30)43(35)25-38/h12-15,22-23,26,32H,4-11,16-21,24-25H2,1-3H3,(H2,39,44). The van der Waals surface area contributed by atoms with E-state index in [1.54, 1.807) is 7.11 Å². The molecule has 3 fully saturated rings. The van der Waals surface area contributed by atoms with Crippen LogP contribution < -0.4 is 10.5 Å². The van der Waals surface area contributed by atoms with Crippen LogP contribution in [0.25, 0.3) is 22.2 Å². The molecule has 2 unspecified atom stereocenters. The zero-order valence-electron chi connectivity index (χ0n) is 28.0. The normalized spacial score (nSPS) is 23.4.